The number of hydrogen-bond acceptors (Lipinski definition) is 3. The first-order chi connectivity index (χ1) is 14.1. The van der Waals surface area contributed by atoms with Gasteiger partial charge in [-0.2, -0.15) is 0 Å². The highest BCUT2D eigenvalue weighted by atomic mass is 35.5. The van der Waals surface area contributed by atoms with E-state index in [0.717, 1.165) is 16.8 Å². The molecule has 3 aromatic carbocycles. The minimum absolute atomic E-state index is 0.208. The van der Waals surface area contributed by atoms with E-state index in [4.69, 9.17) is 21.1 Å². The molecule has 0 saturated carbocycles. The fourth-order valence-corrected chi connectivity index (χ4v) is 3.64. The molecule has 1 saturated heterocycles. The zero-order valence-corrected chi connectivity index (χ0v) is 16.4. The Bertz CT molecular complexity index is 950. The number of ether oxygens (including phenoxy) is 2. The van der Waals surface area contributed by atoms with Crippen molar-refractivity contribution in [3.63, 3.8) is 0 Å². The molecule has 3 aromatic rings. The molecule has 0 unspecified atom stereocenters. The van der Waals surface area contributed by atoms with Crippen LogP contribution in [0.1, 0.15) is 17.2 Å². The molecule has 0 aliphatic carbocycles. The molecule has 0 spiro atoms. The molecule has 4 rings (SSSR count). The topological polar surface area (TPSA) is 21.7 Å². The van der Waals surface area contributed by atoms with Crippen molar-refractivity contribution in [2.24, 2.45) is 0 Å². The Balaban J connectivity index is 1.52. The first kappa shape index (κ1) is 19.8. The van der Waals surface area contributed by atoms with Crippen LogP contribution in [0.15, 0.2) is 72.8 Å². The summed E-state index contributed by atoms with van der Waals surface area (Å²) in [6.07, 6.45) is -0.284. The van der Waals surface area contributed by atoms with Crippen molar-refractivity contribution >= 4 is 17.3 Å². The molecular weight excluding hydrogens is 396 g/mol. The van der Waals surface area contributed by atoms with Gasteiger partial charge in [0.2, 0.25) is 0 Å². The monoisotopic (exact) mass is 415 g/mol. The maximum atomic E-state index is 13.9. The Hall–Kier alpha value is -2.47. The fourth-order valence-electron chi connectivity index (χ4n) is 3.51. The second kappa shape index (κ2) is 8.91. The van der Waals surface area contributed by atoms with E-state index in [0.29, 0.717) is 25.0 Å². The molecule has 0 amide bonds. The van der Waals surface area contributed by atoms with Gasteiger partial charge in [0.1, 0.15) is 24.5 Å². The quantitative estimate of drug-likeness (QED) is 0.512. The lowest BCUT2D eigenvalue weighted by Crippen LogP contribution is -2.30. The number of hydrogen-bond donors (Lipinski definition) is 0. The van der Waals surface area contributed by atoms with Crippen LogP contribution in [-0.2, 0) is 16.1 Å². The molecule has 6 heteroatoms. The number of benzene rings is 3. The van der Waals surface area contributed by atoms with Crippen LogP contribution in [0, 0.1) is 11.6 Å². The predicted octanol–water partition coefficient (Wildman–Crippen LogP) is 5.74. The smallest absolute Gasteiger partial charge is 0.123 e. The fraction of sp³-hybridized carbons (Fsp3) is 0.217. The molecule has 2 atom stereocenters. The zero-order valence-electron chi connectivity index (χ0n) is 15.6. The van der Waals surface area contributed by atoms with Crippen molar-refractivity contribution in [3.8, 4) is 0 Å². The largest absolute Gasteiger partial charge is 0.374 e. The summed E-state index contributed by atoms with van der Waals surface area (Å²) in [5, 5.41) is 0.648. The second-order valence-corrected chi connectivity index (χ2v) is 7.36. The van der Waals surface area contributed by atoms with Gasteiger partial charge in [0, 0.05) is 10.7 Å². The van der Waals surface area contributed by atoms with Crippen LogP contribution in [0.4, 0.5) is 14.5 Å². The summed E-state index contributed by atoms with van der Waals surface area (Å²) in [6, 6.07) is 20.0. The lowest BCUT2D eigenvalue weighted by molar-refractivity contribution is 0.00497. The van der Waals surface area contributed by atoms with Gasteiger partial charge in [-0.25, -0.2) is 8.78 Å². The van der Waals surface area contributed by atoms with Gasteiger partial charge in [0.25, 0.3) is 0 Å². The first-order valence-corrected chi connectivity index (χ1v) is 9.69. The standard InChI is InChI=1S/C23H20ClF2NO2/c24-18-6-10-21(11-7-18)27-15-29-22(23(27)17-2-1-3-20(26)12-17)14-28-13-16-4-8-19(25)9-5-16/h1-12,22-23H,13-15H2/t22-,23-/m0/s1. The van der Waals surface area contributed by atoms with Crippen molar-refractivity contribution in [3.05, 3.63) is 101 Å². The highest BCUT2D eigenvalue weighted by molar-refractivity contribution is 6.30. The van der Waals surface area contributed by atoms with Gasteiger partial charge >= 0.3 is 0 Å². The van der Waals surface area contributed by atoms with Crippen LogP contribution in [0.5, 0.6) is 0 Å². The van der Waals surface area contributed by atoms with Crippen LogP contribution in [0.25, 0.3) is 0 Å². The molecule has 0 bridgehead atoms. The number of nitrogens with zero attached hydrogens (tertiary/aromatic N) is 1. The van der Waals surface area contributed by atoms with Gasteiger partial charge in [-0.05, 0) is 59.7 Å². The predicted molar refractivity (Wildman–Crippen MR) is 109 cm³/mol. The van der Waals surface area contributed by atoms with Crippen LogP contribution < -0.4 is 4.90 Å². The van der Waals surface area contributed by atoms with E-state index in [1.54, 1.807) is 18.2 Å². The third-order valence-corrected chi connectivity index (χ3v) is 5.18. The van der Waals surface area contributed by atoms with Gasteiger partial charge in [-0.1, -0.05) is 35.9 Å². The van der Waals surface area contributed by atoms with Crippen LogP contribution in [0.2, 0.25) is 5.02 Å². The molecule has 3 nitrogen and oxygen atoms in total. The maximum Gasteiger partial charge on any atom is 0.123 e. The molecule has 0 aromatic heterocycles. The number of anilines is 1. The van der Waals surface area contributed by atoms with E-state index >= 15 is 0 Å². The summed E-state index contributed by atoms with van der Waals surface area (Å²) >= 11 is 6.01. The SMILES string of the molecule is Fc1ccc(COC[C@@H]2OCN(c3ccc(Cl)cc3)[C@H]2c2cccc(F)c2)cc1. The Morgan fingerprint density at radius 3 is 2.45 bits per heavy atom. The number of halogens is 3. The highest BCUT2D eigenvalue weighted by Gasteiger charge is 2.37. The van der Waals surface area contributed by atoms with Gasteiger partial charge in [0.15, 0.2) is 0 Å². The molecule has 0 N–H and O–H groups in total. The molecule has 0 radical (unpaired) electrons. The molecule has 29 heavy (non-hydrogen) atoms. The van der Waals surface area contributed by atoms with Gasteiger partial charge in [0.05, 0.1) is 19.3 Å². The summed E-state index contributed by atoms with van der Waals surface area (Å²) in [5.74, 6) is -0.575. The van der Waals surface area contributed by atoms with Crippen molar-refractivity contribution < 1.29 is 18.3 Å². The van der Waals surface area contributed by atoms with Gasteiger partial charge in [-0.15, -0.1) is 0 Å². The summed E-state index contributed by atoms with van der Waals surface area (Å²) in [7, 11) is 0. The lowest BCUT2D eigenvalue weighted by atomic mass is 10.0. The first-order valence-electron chi connectivity index (χ1n) is 9.31. The summed E-state index contributed by atoms with van der Waals surface area (Å²) in [6.45, 7) is 1.02. The maximum absolute atomic E-state index is 13.9. The minimum atomic E-state index is -0.295. The lowest BCUT2D eigenvalue weighted by Gasteiger charge is -2.28. The van der Waals surface area contributed by atoms with Crippen LogP contribution in [-0.4, -0.2) is 19.4 Å². The van der Waals surface area contributed by atoms with E-state index < -0.39 is 0 Å². The van der Waals surface area contributed by atoms with Crippen LogP contribution >= 0.6 is 11.6 Å². The van der Waals surface area contributed by atoms with Crippen molar-refractivity contribution in [1.29, 1.82) is 0 Å². The average molecular weight is 416 g/mol. The average Bonchev–Trinajstić information content (AvgIpc) is 3.14. The Morgan fingerprint density at radius 1 is 0.966 bits per heavy atom. The third kappa shape index (κ3) is 4.75. The molecule has 1 aliphatic rings. The highest BCUT2D eigenvalue weighted by Crippen LogP contribution is 2.37. The zero-order chi connectivity index (χ0) is 20.2. The van der Waals surface area contributed by atoms with Crippen molar-refractivity contribution in [1.82, 2.24) is 0 Å². The second-order valence-electron chi connectivity index (χ2n) is 6.92. The molecule has 150 valence electrons. The van der Waals surface area contributed by atoms with E-state index in [1.165, 1.54) is 24.3 Å². The van der Waals surface area contributed by atoms with Gasteiger partial charge in [-0.3, -0.25) is 0 Å². The Morgan fingerprint density at radius 2 is 1.72 bits per heavy atom. The molecule has 1 heterocycles. The van der Waals surface area contributed by atoms with E-state index in [2.05, 4.69) is 4.90 Å². The van der Waals surface area contributed by atoms with Crippen molar-refractivity contribution in [2.45, 2.75) is 18.8 Å². The third-order valence-electron chi connectivity index (χ3n) is 4.93. The Labute approximate surface area is 173 Å². The van der Waals surface area contributed by atoms with Gasteiger partial charge < -0.3 is 14.4 Å². The normalized spacial score (nSPS) is 18.9. The molecule has 1 aliphatic heterocycles. The molecular formula is C23H20ClF2NO2. The summed E-state index contributed by atoms with van der Waals surface area (Å²) in [4.78, 5) is 2.07. The Kier molecular flexibility index (Phi) is 6.09. The number of rotatable bonds is 6. The van der Waals surface area contributed by atoms with E-state index in [1.807, 2.05) is 30.3 Å². The summed E-state index contributed by atoms with van der Waals surface area (Å²) < 4.78 is 38.8. The minimum Gasteiger partial charge on any atom is -0.374 e. The summed E-state index contributed by atoms with van der Waals surface area (Å²) in [5.41, 5.74) is 2.62. The van der Waals surface area contributed by atoms with E-state index in [9.17, 15) is 8.78 Å². The van der Waals surface area contributed by atoms with Crippen LogP contribution in [0.3, 0.4) is 0 Å². The van der Waals surface area contributed by atoms with Crippen molar-refractivity contribution in [2.75, 3.05) is 18.2 Å². The molecule has 1 fully saturated rings. The van der Waals surface area contributed by atoms with E-state index in [-0.39, 0.29) is 23.8 Å².